The van der Waals surface area contributed by atoms with Crippen molar-refractivity contribution in [3.63, 3.8) is 0 Å². The molecule has 1 N–H and O–H groups in total. The van der Waals surface area contributed by atoms with Gasteiger partial charge in [-0.1, -0.05) is 11.6 Å². The average Bonchev–Trinajstić information content (AvgIpc) is 2.56. The summed E-state index contributed by atoms with van der Waals surface area (Å²) in [6.07, 6.45) is 9.51. The van der Waals surface area contributed by atoms with Crippen LogP contribution in [-0.2, 0) is 4.74 Å². The van der Waals surface area contributed by atoms with Gasteiger partial charge >= 0.3 is 6.03 Å². The van der Waals surface area contributed by atoms with Gasteiger partial charge in [-0.15, -0.1) is 0 Å². The number of amides is 2. The highest BCUT2D eigenvalue weighted by Crippen LogP contribution is 2.19. The lowest BCUT2D eigenvalue weighted by Gasteiger charge is -2.34. The molecule has 0 bridgehead atoms. The summed E-state index contributed by atoms with van der Waals surface area (Å²) in [6, 6.07) is 0.105. The molecule has 0 radical (unpaired) electrons. The zero-order valence-corrected chi connectivity index (χ0v) is 14.0. The number of ether oxygens (including phenoxy) is 1. The van der Waals surface area contributed by atoms with Crippen LogP contribution < -0.4 is 5.32 Å². The second kappa shape index (κ2) is 9.85. The number of rotatable bonds is 7. The van der Waals surface area contributed by atoms with E-state index in [0.29, 0.717) is 0 Å². The Hall–Kier alpha value is -1.07. The van der Waals surface area contributed by atoms with Crippen molar-refractivity contribution in [2.24, 2.45) is 0 Å². The maximum absolute atomic E-state index is 12.2. The molecule has 22 heavy (non-hydrogen) atoms. The van der Waals surface area contributed by atoms with E-state index in [1.54, 1.807) is 7.11 Å². The first-order valence-electron chi connectivity index (χ1n) is 8.71. The zero-order chi connectivity index (χ0) is 15.6. The molecule has 5 nitrogen and oxygen atoms in total. The number of carbonyl (C=O) groups excluding carboxylic acids is 1. The number of nitrogens with zero attached hydrogens (tertiary/aromatic N) is 2. The first kappa shape index (κ1) is 17.3. The van der Waals surface area contributed by atoms with Gasteiger partial charge in [-0.05, 0) is 38.5 Å². The molecule has 0 atom stereocenters. The lowest BCUT2D eigenvalue weighted by atomic mass is 9.97. The van der Waals surface area contributed by atoms with Crippen molar-refractivity contribution in [1.29, 1.82) is 0 Å². The van der Waals surface area contributed by atoms with Crippen molar-refractivity contribution >= 4 is 6.03 Å². The third-order valence-electron chi connectivity index (χ3n) is 4.59. The number of urea groups is 1. The largest absolute Gasteiger partial charge is 0.385 e. The third kappa shape index (κ3) is 5.97. The van der Waals surface area contributed by atoms with Crippen LogP contribution in [0.3, 0.4) is 0 Å². The van der Waals surface area contributed by atoms with Gasteiger partial charge in [0.25, 0.3) is 0 Å². The highest BCUT2D eigenvalue weighted by molar-refractivity contribution is 5.74. The van der Waals surface area contributed by atoms with E-state index in [4.69, 9.17) is 4.74 Å². The first-order valence-corrected chi connectivity index (χ1v) is 8.71. The minimum absolute atomic E-state index is 0.105. The Balaban J connectivity index is 1.57. The number of carbonyl (C=O) groups is 1. The monoisotopic (exact) mass is 309 g/mol. The summed E-state index contributed by atoms with van der Waals surface area (Å²) in [6.45, 7) is 6.28. The van der Waals surface area contributed by atoms with E-state index in [-0.39, 0.29) is 6.03 Å². The number of allylic oxidation sites excluding steroid dienone is 1. The second-order valence-electron chi connectivity index (χ2n) is 6.27. The lowest BCUT2D eigenvalue weighted by molar-refractivity contribution is 0.125. The maximum Gasteiger partial charge on any atom is 0.317 e. The molecular formula is C17H31N3O2. The molecule has 126 valence electrons. The van der Waals surface area contributed by atoms with E-state index in [2.05, 4.69) is 16.3 Å². The third-order valence-corrected chi connectivity index (χ3v) is 4.59. The van der Waals surface area contributed by atoms with Crippen LogP contribution in [0.25, 0.3) is 0 Å². The van der Waals surface area contributed by atoms with E-state index >= 15 is 0 Å². The highest BCUT2D eigenvalue weighted by Gasteiger charge is 2.20. The molecule has 0 spiro atoms. The Labute approximate surface area is 134 Å². The fraction of sp³-hybridized carbons (Fsp3) is 0.824. The van der Waals surface area contributed by atoms with Crippen molar-refractivity contribution in [3.05, 3.63) is 11.6 Å². The molecule has 1 aliphatic carbocycles. The maximum atomic E-state index is 12.2. The molecule has 0 saturated carbocycles. The van der Waals surface area contributed by atoms with Crippen molar-refractivity contribution in [2.45, 2.75) is 38.5 Å². The van der Waals surface area contributed by atoms with Crippen molar-refractivity contribution in [3.8, 4) is 0 Å². The Morgan fingerprint density at radius 1 is 1.27 bits per heavy atom. The van der Waals surface area contributed by atoms with Gasteiger partial charge in [0.15, 0.2) is 0 Å². The molecule has 1 aliphatic heterocycles. The smallest absolute Gasteiger partial charge is 0.317 e. The van der Waals surface area contributed by atoms with Gasteiger partial charge in [-0.2, -0.15) is 0 Å². The Bertz CT molecular complexity index is 363. The normalized spacial score (nSPS) is 19.9. The summed E-state index contributed by atoms with van der Waals surface area (Å²) in [5.41, 5.74) is 1.52. The van der Waals surface area contributed by atoms with Crippen LogP contribution in [0.1, 0.15) is 38.5 Å². The van der Waals surface area contributed by atoms with Gasteiger partial charge in [0.2, 0.25) is 0 Å². The van der Waals surface area contributed by atoms with Crippen LogP contribution in [0.4, 0.5) is 4.79 Å². The van der Waals surface area contributed by atoms with Crippen LogP contribution in [0.2, 0.25) is 0 Å². The van der Waals surface area contributed by atoms with E-state index in [1.165, 1.54) is 31.3 Å². The molecule has 2 aliphatic rings. The minimum Gasteiger partial charge on any atom is -0.385 e. The van der Waals surface area contributed by atoms with Crippen LogP contribution in [0, 0.1) is 0 Å². The molecular weight excluding hydrogens is 278 g/mol. The summed E-state index contributed by atoms with van der Waals surface area (Å²) >= 11 is 0. The molecule has 0 aromatic carbocycles. The van der Waals surface area contributed by atoms with Crippen LogP contribution >= 0.6 is 0 Å². The fourth-order valence-corrected chi connectivity index (χ4v) is 3.18. The lowest BCUT2D eigenvalue weighted by Crippen LogP contribution is -2.52. The predicted octanol–water partition coefficient (Wildman–Crippen LogP) is 2.24. The van der Waals surface area contributed by atoms with Gasteiger partial charge in [0.1, 0.15) is 0 Å². The van der Waals surface area contributed by atoms with Crippen LogP contribution in [0.5, 0.6) is 0 Å². The second-order valence-corrected chi connectivity index (χ2v) is 6.27. The number of nitrogens with one attached hydrogen (secondary N) is 1. The SMILES string of the molecule is COCCCN1CCN(C(=O)NCCC2=CCCCC2)CC1. The topological polar surface area (TPSA) is 44.8 Å². The molecule has 1 saturated heterocycles. The van der Waals surface area contributed by atoms with Gasteiger partial charge < -0.3 is 15.0 Å². The fourth-order valence-electron chi connectivity index (χ4n) is 3.18. The molecule has 5 heteroatoms. The van der Waals surface area contributed by atoms with E-state index in [1.807, 2.05) is 4.90 Å². The van der Waals surface area contributed by atoms with Gasteiger partial charge in [-0.3, -0.25) is 4.90 Å². The molecule has 2 rings (SSSR count). The summed E-state index contributed by atoms with van der Waals surface area (Å²) in [5.74, 6) is 0. The standard InChI is InChI=1S/C17H31N3O2/c1-22-15-5-10-19-11-13-20(14-12-19)17(21)18-9-8-16-6-3-2-4-7-16/h6H,2-5,7-15H2,1H3,(H,18,21). The molecule has 0 aromatic heterocycles. The number of piperazine rings is 1. The Morgan fingerprint density at radius 2 is 2.09 bits per heavy atom. The first-order chi connectivity index (χ1) is 10.8. The summed E-state index contributed by atoms with van der Waals surface area (Å²) in [5, 5.41) is 3.07. The molecule has 0 aromatic rings. The number of hydrogen-bond acceptors (Lipinski definition) is 3. The van der Waals surface area contributed by atoms with Gasteiger partial charge in [-0.25, -0.2) is 4.79 Å². The van der Waals surface area contributed by atoms with Gasteiger partial charge in [0.05, 0.1) is 0 Å². The summed E-state index contributed by atoms with van der Waals surface area (Å²) in [7, 11) is 1.74. The molecule has 1 heterocycles. The van der Waals surface area contributed by atoms with E-state index in [0.717, 1.165) is 58.7 Å². The predicted molar refractivity (Wildman–Crippen MR) is 89.1 cm³/mol. The minimum atomic E-state index is 0.105. The molecule has 1 fully saturated rings. The van der Waals surface area contributed by atoms with E-state index in [9.17, 15) is 4.79 Å². The van der Waals surface area contributed by atoms with E-state index < -0.39 is 0 Å². The summed E-state index contributed by atoms with van der Waals surface area (Å²) in [4.78, 5) is 16.5. The number of methoxy groups -OCH3 is 1. The molecule has 0 unspecified atom stereocenters. The quantitative estimate of drug-likeness (QED) is 0.579. The highest BCUT2D eigenvalue weighted by atomic mass is 16.5. The van der Waals surface area contributed by atoms with Crippen molar-refractivity contribution in [2.75, 3.05) is 53.0 Å². The van der Waals surface area contributed by atoms with Crippen LogP contribution in [0.15, 0.2) is 11.6 Å². The van der Waals surface area contributed by atoms with Crippen molar-refractivity contribution in [1.82, 2.24) is 15.1 Å². The van der Waals surface area contributed by atoms with Gasteiger partial charge in [0, 0.05) is 53.0 Å². The molecule has 2 amide bonds. The van der Waals surface area contributed by atoms with Crippen molar-refractivity contribution < 1.29 is 9.53 Å². The van der Waals surface area contributed by atoms with Crippen LogP contribution in [-0.4, -0.2) is 68.8 Å². The Morgan fingerprint density at radius 3 is 2.77 bits per heavy atom. The average molecular weight is 309 g/mol. The summed E-state index contributed by atoms with van der Waals surface area (Å²) < 4.78 is 5.08. The number of hydrogen-bond donors (Lipinski definition) is 1. The zero-order valence-electron chi connectivity index (χ0n) is 14.0. The Kier molecular flexibility index (Phi) is 7.74.